The molecule has 0 unspecified atom stereocenters. The molecule has 0 bridgehead atoms. The van der Waals surface area contributed by atoms with Crippen LogP contribution in [0.5, 0.6) is 5.75 Å². The van der Waals surface area contributed by atoms with Crippen molar-refractivity contribution in [2.24, 2.45) is 0 Å². The molecule has 2 rings (SSSR count). The average Bonchev–Trinajstić information content (AvgIpc) is 2.67. The highest BCUT2D eigenvalue weighted by Gasteiger charge is 2.26. The average molecular weight is 383 g/mol. The van der Waals surface area contributed by atoms with Crippen LogP contribution in [0.2, 0.25) is 0 Å². The lowest BCUT2D eigenvalue weighted by Gasteiger charge is -2.29. The summed E-state index contributed by atoms with van der Waals surface area (Å²) >= 11 is 0. The molecule has 0 aliphatic heterocycles. The van der Waals surface area contributed by atoms with E-state index in [1.807, 2.05) is 75.4 Å². The third-order valence-electron chi connectivity index (χ3n) is 4.53. The van der Waals surface area contributed by atoms with Gasteiger partial charge in [0, 0.05) is 12.6 Å². The Bertz CT molecular complexity index is 774. The monoisotopic (exact) mass is 382 g/mol. The fourth-order valence-corrected chi connectivity index (χ4v) is 2.92. The number of para-hydroxylation sites is 1. The molecule has 2 aromatic carbocycles. The summed E-state index contributed by atoms with van der Waals surface area (Å²) in [5.74, 6) is 0.316. The smallest absolute Gasteiger partial charge is 0.261 e. The first-order valence-corrected chi connectivity index (χ1v) is 9.70. The predicted octanol–water partition coefficient (Wildman–Crippen LogP) is 3.36. The molecule has 0 saturated heterocycles. The summed E-state index contributed by atoms with van der Waals surface area (Å²) in [6, 6.07) is 17.0. The highest BCUT2D eigenvalue weighted by molar-refractivity contribution is 5.88. The van der Waals surface area contributed by atoms with Crippen molar-refractivity contribution in [3.63, 3.8) is 0 Å². The van der Waals surface area contributed by atoms with E-state index in [4.69, 9.17) is 4.74 Å². The van der Waals surface area contributed by atoms with E-state index in [2.05, 4.69) is 5.32 Å². The molecule has 0 saturated carbocycles. The van der Waals surface area contributed by atoms with Crippen LogP contribution in [0.3, 0.4) is 0 Å². The predicted molar refractivity (Wildman–Crippen MR) is 111 cm³/mol. The van der Waals surface area contributed by atoms with Gasteiger partial charge in [0.05, 0.1) is 0 Å². The zero-order valence-corrected chi connectivity index (χ0v) is 17.1. The molecule has 0 aliphatic carbocycles. The number of nitrogens with zero attached hydrogens (tertiary/aromatic N) is 1. The Kier molecular flexibility index (Phi) is 8.05. The molecule has 28 heavy (non-hydrogen) atoms. The van der Waals surface area contributed by atoms with Crippen LogP contribution in [0.4, 0.5) is 0 Å². The maximum absolute atomic E-state index is 12.9. The van der Waals surface area contributed by atoms with Gasteiger partial charge in [-0.1, -0.05) is 48.5 Å². The van der Waals surface area contributed by atoms with Gasteiger partial charge in [-0.25, -0.2) is 0 Å². The minimum atomic E-state index is -0.570. The second kappa shape index (κ2) is 10.5. The Morgan fingerprint density at radius 2 is 1.64 bits per heavy atom. The zero-order chi connectivity index (χ0) is 20.5. The minimum Gasteiger partial charge on any atom is -0.484 e. The number of carbonyl (C=O) groups excluding carboxylic acids is 2. The second-order valence-electron chi connectivity index (χ2n) is 7.22. The lowest BCUT2D eigenvalue weighted by Crippen LogP contribution is -2.51. The fourth-order valence-electron chi connectivity index (χ4n) is 2.92. The van der Waals surface area contributed by atoms with Gasteiger partial charge >= 0.3 is 0 Å². The van der Waals surface area contributed by atoms with Gasteiger partial charge in [-0.05, 0) is 51.3 Å². The number of amides is 2. The van der Waals surface area contributed by atoms with E-state index >= 15 is 0 Å². The first-order chi connectivity index (χ1) is 13.4. The third-order valence-corrected chi connectivity index (χ3v) is 4.53. The summed E-state index contributed by atoms with van der Waals surface area (Å²) in [5, 5.41) is 2.89. The standard InChI is InChI=1S/C23H30N2O3/c1-17(2)24-23(27)19(4)25(15-14-20-11-6-5-7-12-20)22(26)16-28-21-13-9-8-10-18(21)3/h5-13,17,19H,14-16H2,1-4H3,(H,24,27)/t19-/m0/s1. The van der Waals surface area contributed by atoms with E-state index in [-0.39, 0.29) is 24.5 Å². The van der Waals surface area contributed by atoms with Crippen LogP contribution >= 0.6 is 0 Å². The van der Waals surface area contributed by atoms with Crippen LogP contribution in [0.25, 0.3) is 0 Å². The zero-order valence-electron chi connectivity index (χ0n) is 17.1. The first-order valence-electron chi connectivity index (χ1n) is 9.70. The Labute approximate surface area is 167 Å². The molecule has 0 aliphatic rings. The topological polar surface area (TPSA) is 58.6 Å². The molecule has 0 fully saturated rings. The van der Waals surface area contributed by atoms with E-state index < -0.39 is 6.04 Å². The van der Waals surface area contributed by atoms with Crippen LogP contribution in [0.15, 0.2) is 54.6 Å². The molecule has 2 amide bonds. The Morgan fingerprint density at radius 1 is 1.00 bits per heavy atom. The maximum Gasteiger partial charge on any atom is 0.261 e. The van der Waals surface area contributed by atoms with Crippen molar-refractivity contribution < 1.29 is 14.3 Å². The molecule has 0 spiro atoms. The quantitative estimate of drug-likeness (QED) is 0.723. The van der Waals surface area contributed by atoms with Crippen LogP contribution in [-0.4, -0.2) is 41.9 Å². The molecule has 5 heteroatoms. The van der Waals surface area contributed by atoms with Gasteiger partial charge in [-0.2, -0.15) is 0 Å². The summed E-state index contributed by atoms with van der Waals surface area (Å²) < 4.78 is 5.72. The number of hydrogen-bond acceptors (Lipinski definition) is 3. The van der Waals surface area contributed by atoms with E-state index in [0.29, 0.717) is 18.7 Å². The normalized spacial score (nSPS) is 11.8. The number of hydrogen-bond donors (Lipinski definition) is 1. The van der Waals surface area contributed by atoms with Gasteiger partial charge in [0.2, 0.25) is 5.91 Å². The van der Waals surface area contributed by atoms with Crippen molar-refractivity contribution in [2.45, 2.75) is 46.2 Å². The molecule has 5 nitrogen and oxygen atoms in total. The number of carbonyl (C=O) groups is 2. The number of rotatable bonds is 9. The molecular weight excluding hydrogens is 352 g/mol. The van der Waals surface area contributed by atoms with Crippen molar-refractivity contribution in [3.05, 3.63) is 65.7 Å². The largest absolute Gasteiger partial charge is 0.484 e. The van der Waals surface area contributed by atoms with Gasteiger partial charge < -0.3 is 15.0 Å². The Morgan fingerprint density at radius 3 is 2.29 bits per heavy atom. The van der Waals surface area contributed by atoms with Crippen LogP contribution in [0.1, 0.15) is 31.9 Å². The second-order valence-corrected chi connectivity index (χ2v) is 7.22. The SMILES string of the molecule is Cc1ccccc1OCC(=O)N(CCc1ccccc1)[C@@H](C)C(=O)NC(C)C. The van der Waals surface area contributed by atoms with E-state index in [0.717, 1.165) is 11.1 Å². The number of ether oxygens (including phenoxy) is 1. The van der Waals surface area contributed by atoms with Gasteiger partial charge in [0.25, 0.3) is 5.91 Å². The molecular formula is C23H30N2O3. The highest BCUT2D eigenvalue weighted by atomic mass is 16.5. The van der Waals surface area contributed by atoms with Crippen molar-refractivity contribution in [1.29, 1.82) is 0 Å². The molecule has 2 aromatic rings. The maximum atomic E-state index is 12.9. The van der Waals surface area contributed by atoms with Crippen molar-refractivity contribution in [3.8, 4) is 5.75 Å². The third kappa shape index (κ3) is 6.41. The molecule has 150 valence electrons. The lowest BCUT2D eigenvalue weighted by atomic mass is 10.1. The van der Waals surface area contributed by atoms with Crippen molar-refractivity contribution in [2.75, 3.05) is 13.2 Å². The lowest BCUT2D eigenvalue weighted by molar-refractivity contribution is -0.141. The fraction of sp³-hybridized carbons (Fsp3) is 0.391. The van der Waals surface area contributed by atoms with Gasteiger partial charge in [0.15, 0.2) is 6.61 Å². The summed E-state index contributed by atoms with van der Waals surface area (Å²) in [5.41, 5.74) is 2.09. The molecule has 1 atom stereocenters. The molecule has 0 radical (unpaired) electrons. The Balaban J connectivity index is 2.07. The van der Waals surface area contributed by atoms with E-state index in [1.54, 1.807) is 11.8 Å². The summed E-state index contributed by atoms with van der Waals surface area (Å²) in [4.78, 5) is 27.0. The van der Waals surface area contributed by atoms with Gasteiger partial charge in [-0.15, -0.1) is 0 Å². The van der Waals surface area contributed by atoms with Crippen LogP contribution < -0.4 is 10.1 Å². The summed E-state index contributed by atoms with van der Waals surface area (Å²) in [7, 11) is 0. The highest BCUT2D eigenvalue weighted by Crippen LogP contribution is 2.16. The Hall–Kier alpha value is -2.82. The number of benzene rings is 2. The first kappa shape index (κ1) is 21.5. The molecule has 1 N–H and O–H groups in total. The van der Waals surface area contributed by atoms with Gasteiger partial charge in [0.1, 0.15) is 11.8 Å². The van der Waals surface area contributed by atoms with Crippen molar-refractivity contribution in [1.82, 2.24) is 10.2 Å². The summed E-state index contributed by atoms with van der Waals surface area (Å²) in [6.45, 7) is 7.86. The minimum absolute atomic E-state index is 0.0178. The van der Waals surface area contributed by atoms with Crippen molar-refractivity contribution >= 4 is 11.8 Å². The molecule has 0 heterocycles. The molecule has 0 aromatic heterocycles. The van der Waals surface area contributed by atoms with E-state index in [1.165, 1.54) is 0 Å². The van der Waals surface area contributed by atoms with Crippen LogP contribution in [-0.2, 0) is 16.0 Å². The summed E-state index contributed by atoms with van der Waals surface area (Å²) in [6.07, 6.45) is 0.677. The van der Waals surface area contributed by atoms with Crippen LogP contribution in [0, 0.1) is 6.92 Å². The van der Waals surface area contributed by atoms with Gasteiger partial charge in [-0.3, -0.25) is 9.59 Å². The number of nitrogens with one attached hydrogen (secondary N) is 1. The number of aryl methyl sites for hydroxylation is 1. The van der Waals surface area contributed by atoms with E-state index in [9.17, 15) is 9.59 Å².